The van der Waals surface area contributed by atoms with Crippen LogP contribution in [0.2, 0.25) is 0 Å². The Morgan fingerprint density at radius 3 is 2.35 bits per heavy atom. The number of hydrogen-bond donors (Lipinski definition) is 1. The summed E-state index contributed by atoms with van der Waals surface area (Å²) in [5, 5.41) is 12.0. The highest BCUT2D eigenvalue weighted by atomic mass is 19.1. The van der Waals surface area contributed by atoms with E-state index in [1.54, 1.807) is 12.1 Å². The summed E-state index contributed by atoms with van der Waals surface area (Å²) in [7, 11) is 0. The third kappa shape index (κ3) is 3.83. The van der Waals surface area contributed by atoms with E-state index < -0.39 is 11.7 Å². The number of carbonyl (C=O) groups is 1. The van der Waals surface area contributed by atoms with E-state index in [9.17, 15) is 14.4 Å². The zero-order valence-corrected chi connectivity index (χ0v) is 13.3. The van der Waals surface area contributed by atoms with Crippen LogP contribution in [0.1, 0.15) is 22.3 Å². The van der Waals surface area contributed by atoms with Crippen molar-refractivity contribution in [1.29, 1.82) is 5.26 Å². The first-order chi connectivity index (χ1) is 10.9. The van der Waals surface area contributed by atoms with Crippen LogP contribution in [0.3, 0.4) is 0 Å². The molecule has 0 aromatic heterocycles. The molecule has 0 saturated carbocycles. The SMILES string of the molecule is Cc1cc(C)c(NC(=O)/C(C#N)=C/c2ccccc2F)c(C)c1. The van der Waals surface area contributed by atoms with Gasteiger partial charge >= 0.3 is 0 Å². The van der Waals surface area contributed by atoms with Crippen LogP contribution in [0.15, 0.2) is 42.0 Å². The molecule has 0 bridgehead atoms. The number of nitriles is 1. The van der Waals surface area contributed by atoms with Crippen molar-refractivity contribution in [1.82, 2.24) is 0 Å². The lowest BCUT2D eigenvalue weighted by molar-refractivity contribution is -0.112. The minimum absolute atomic E-state index is 0.144. The van der Waals surface area contributed by atoms with Gasteiger partial charge in [-0.25, -0.2) is 4.39 Å². The Bertz CT molecular complexity index is 808. The molecule has 0 aliphatic carbocycles. The average Bonchev–Trinajstić information content (AvgIpc) is 2.49. The molecule has 1 amide bonds. The van der Waals surface area contributed by atoms with Crippen LogP contribution in [-0.4, -0.2) is 5.91 Å². The topological polar surface area (TPSA) is 52.9 Å². The molecule has 4 heteroatoms. The zero-order chi connectivity index (χ0) is 17.0. The number of carbonyl (C=O) groups excluding carboxylic acids is 1. The fraction of sp³-hybridized carbons (Fsp3) is 0.158. The minimum atomic E-state index is -0.550. The lowest BCUT2D eigenvalue weighted by Gasteiger charge is -2.12. The quantitative estimate of drug-likeness (QED) is 0.679. The van der Waals surface area contributed by atoms with Crippen molar-refractivity contribution in [3.63, 3.8) is 0 Å². The van der Waals surface area contributed by atoms with Gasteiger partial charge in [-0.3, -0.25) is 4.79 Å². The van der Waals surface area contributed by atoms with Gasteiger partial charge in [-0.15, -0.1) is 0 Å². The summed E-state index contributed by atoms with van der Waals surface area (Å²) in [6.45, 7) is 5.76. The molecule has 0 heterocycles. The molecule has 2 rings (SSSR count). The fourth-order valence-electron chi connectivity index (χ4n) is 2.45. The van der Waals surface area contributed by atoms with Crippen LogP contribution in [0.5, 0.6) is 0 Å². The molecule has 0 saturated heterocycles. The van der Waals surface area contributed by atoms with Crippen molar-refractivity contribution < 1.29 is 9.18 Å². The van der Waals surface area contributed by atoms with Crippen LogP contribution >= 0.6 is 0 Å². The van der Waals surface area contributed by atoms with Crippen molar-refractivity contribution in [2.24, 2.45) is 0 Å². The molecular formula is C19H17FN2O. The minimum Gasteiger partial charge on any atom is -0.321 e. The average molecular weight is 308 g/mol. The predicted molar refractivity (Wildman–Crippen MR) is 89.3 cm³/mol. The lowest BCUT2D eigenvalue weighted by atomic mass is 10.0. The molecule has 0 unspecified atom stereocenters. The molecule has 2 aromatic carbocycles. The predicted octanol–water partition coefficient (Wildman–Crippen LogP) is 4.30. The van der Waals surface area contributed by atoms with E-state index >= 15 is 0 Å². The Labute approximate surface area is 135 Å². The Morgan fingerprint density at radius 1 is 1.17 bits per heavy atom. The molecule has 0 aliphatic heterocycles. The number of benzene rings is 2. The molecule has 2 aromatic rings. The molecule has 0 fully saturated rings. The van der Waals surface area contributed by atoms with Gasteiger partial charge in [0, 0.05) is 11.3 Å². The summed E-state index contributed by atoms with van der Waals surface area (Å²) in [5.41, 5.74) is 3.67. The molecule has 0 aliphatic rings. The van der Waals surface area contributed by atoms with Crippen LogP contribution in [-0.2, 0) is 4.79 Å². The van der Waals surface area contributed by atoms with Crippen molar-refractivity contribution in [2.45, 2.75) is 20.8 Å². The van der Waals surface area contributed by atoms with Crippen LogP contribution in [0.4, 0.5) is 10.1 Å². The van der Waals surface area contributed by atoms with E-state index in [0.717, 1.165) is 16.7 Å². The smallest absolute Gasteiger partial charge is 0.266 e. The maximum atomic E-state index is 13.7. The van der Waals surface area contributed by atoms with E-state index in [1.165, 1.54) is 18.2 Å². The maximum absolute atomic E-state index is 13.7. The number of amides is 1. The molecule has 0 spiro atoms. The largest absolute Gasteiger partial charge is 0.321 e. The van der Waals surface area contributed by atoms with Crippen LogP contribution < -0.4 is 5.32 Å². The summed E-state index contributed by atoms with van der Waals surface area (Å²) in [6, 6.07) is 11.7. The molecule has 3 nitrogen and oxygen atoms in total. The van der Waals surface area contributed by atoms with E-state index in [0.29, 0.717) is 5.69 Å². The Balaban J connectivity index is 2.33. The van der Waals surface area contributed by atoms with Gasteiger partial charge < -0.3 is 5.32 Å². The first-order valence-electron chi connectivity index (χ1n) is 7.18. The Hall–Kier alpha value is -2.93. The van der Waals surface area contributed by atoms with E-state index in [-0.39, 0.29) is 11.1 Å². The molecule has 0 atom stereocenters. The third-order valence-electron chi connectivity index (χ3n) is 3.49. The van der Waals surface area contributed by atoms with Crippen LogP contribution in [0.25, 0.3) is 6.08 Å². The van der Waals surface area contributed by atoms with E-state index in [2.05, 4.69) is 5.32 Å². The maximum Gasteiger partial charge on any atom is 0.266 e. The van der Waals surface area contributed by atoms with Gasteiger partial charge in [0.2, 0.25) is 0 Å². The highest BCUT2D eigenvalue weighted by molar-refractivity contribution is 6.10. The normalized spacial score (nSPS) is 11.0. The highest BCUT2D eigenvalue weighted by Gasteiger charge is 2.13. The summed E-state index contributed by atoms with van der Waals surface area (Å²) >= 11 is 0. The van der Waals surface area contributed by atoms with Crippen molar-refractivity contribution >= 4 is 17.7 Å². The van der Waals surface area contributed by atoms with Gasteiger partial charge in [0.1, 0.15) is 17.5 Å². The van der Waals surface area contributed by atoms with Crippen molar-refractivity contribution in [3.05, 3.63) is 70.0 Å². The second-order valence-electron chi connectivity index (χ2n) is 5.42. The van der Waals surface area contributed by atoms with E-state index in [1.807, 2.05) is 39.0 Å². The molecular weight excluding hydrogens is 291 g/mol. The Morgan fingerprint density at radius 2 is 1.78 bits per heavy atom. The number of halogens is 1. The number of hydrogen-bond acceptors (Lipinski definition) is 2. The number of nitrogens with one attached hydrogen (secondary N) is 1. The fourth-order valence-corrected chi connectivity index (χ4v) is 2.45. The van der Waals surface area contributed by atoms with Gasteiger partial charge in [0.15, 0.2) is 0 Å². The van der Waals surface area contributed by atoms with Gasteiger partial charge in [0.05, 0.1) is 0 Å². The number of anilines is 1. The lowest BCUT2D eigenvalue weighted by Crippen LogP contribution is -2.15. The summed E-state index contributed by atoms with van der Waals surface area (Å²) in [6.07, 6.45) is 1.25. The van der Waals surface area contributed by atoms with Crippen molar-refractivity contribution in [2.75, 3.05) is 5.32 Å². The number of aryl methyl sites for hydroxylation is 3. The second kappa shape index (κ2) is 6.89. The van der Waals surface area contributed by atoms with E-state index in [4.69, 9.17) is 0 Å². The Kier molecular flexibility index (Phi) is 4.92. The first kappa shape index (κ1) is 16.4. The second-order valence-corrected chi connectivity index (χ2v) is 5.42. The molecule has 116 valence electrons. The third-order valence-corrected chi connectivity index (χ3v) is 3.49. The van der Waals surface area contributed by atoms with Gasteiger partial charge in [-0.2, -0.15) is 5.26 Å². The first-order valence-corrected chi connectivity index (χ1v) is 7.18. The molecule has 0 radical (unpaired) electrons. The van der Waals surface area contributed by atoms with Gasteiger partial charge in [-0.05, 0) is 44.0 Å². The van der Waals surface area contributed by atoms with Crippen molar-refractivity contribution in [3.8, 4) is 6.07 Å². The monoisotopic (exact) mass is 308 g/mol. The summed E-state index contributed by atoms with van der Waals surface area (Å²) in [4.78, 5) is 12.3. The van der Waals surface area contributed by atoms with Gasteiger partial charge in [-0.1, -0.05) is 35.9 Å². The summed E-state index contributed by atoms with van der Waals surface area (Å²) in [5.74, 6) is -1.03. The standard InChI is InChI=1S/C19H17FN2O/c1-12-8-13(2)18(14(3)9-12)22-19(23)16(11-21)10-15-6-4-5-7-17(15)20/h4-10H,1-3H3,(H,22,23)/b16-10+. The van der Waals surface area contributed by atoms with Crippen LogP contribution in [0, 0.1) is 37.9 Å². The number of rotatable bonds is 3. The highest BCUT2D eigenvalue weighted by Crippen LogP contribution is 2.23. The van der Waals surface area contributed by atoms with Gasteiger partial charge in [0.25, 0.3) is 5.91 Å². The molecule has 23 heavy (non-hydrogen) atoms. The summed E-state index contributed by atoms with van der Waals surface area (Å²) < 4.78 is 13.7. The molecule has 1 N–H and O–H groups in total. The number of nitrogens with zero attached hydrogens (tertiary/aromatic N) is 1. The zero-order valence-electron chi connectivity index (χ0n) is 13.3.